The molecule has 0 spiro atoms. The first-order valence-corrected chi connectivity index (χ1v) is 7.41. The molecule has 2 fully saturated rings. The lowest BCUT2D eigenvalue weighted by Crippen LogP contribution is -2.46. The summed E-state index contributed by atoms with van der Waals surface area (Å²) < 4.78 is 5.53. The fourth-order valence-electron chi connectivity index (χ4n) is 3.04. The van der Waals surface area contributed by atoms with E-state index in [9.17, 15) is 0 Å². The Balaban J connectivity index is 1.74. The molecule has 2 aliphatic rings. The highest BCUT2D eigenvalue weighted by molar-refractivity contribution is 4.78. The van der Waals surface area contributed by atoms with Gasteiger partial charge in [0.25, 0.3) is 0 Å². The SMILES string of the molecule is CC(CC1COCCN1)N1CCCCCCC1. The molecule has 0 aliphatic carbocycles. The lowest BCUT2D eigenvalue weighted by atomic mass is 10.0. The van der Waals surface area contributed by atoms with Crippen LogP contribution in [0.4, 0.5) is 0 Å². The minimum Gasteiger partial charge on any atom is -0.379 e. The second-order valence-electron chi connectivity index (χ2n) is 5.61. The molecule has 0 bridgehead atoms. The van der Waals surface area contributed by atoms with Crippen LogP contribution in [0.25, 0.3) is 0 Å². The van der Waals surface area contributed by atoms with Crippen molar-refractivity contribution >= 4 is 0 Å². The standard InChI is InChI=1S/C14H28N2O/c1-13(11-14-12-17-10-7-15-14)16-8-5-3-2-4-6-9-16/h13-15H,2-12H2,1H3. The minimum absolute atomic E-state index is 0.573. The van der Waals surface area contributed by atoms with Crippen LogP contribution in [0.2, 0.25) is 0 Å². The van der Waals surface area contributed by atoms with Gasteiger partial charge in [-0.25, -0.2) is 0 Å². The van der Waals surface area contributed by atoms with Crippen molar-refractivity contribution in [2.45, 2.75) is 57.5 Å². The van der Waals surface area contributed by atoms with Gasteiger partial charge in [-0.2, -0.15) is 0 Å². The van der Waals surface area contributed by atoms with Crippen LogP contribution < -0.4 is 5.32 Å². The van der Waals surface area contributed by atoms with Gasteiger partial charge >= 0.3 is 0 Å². The molecule has 3 heteroatoms. The maximum absolute atomic E-state index is 5.53. The molecule has 0 radical (unpaired) electrons. The highest BCUT2D eigenvalue weighted by atomic mass is 16.5. The number of nitrogens with zero attached hydrogens (tertiary/aromatic N) is 1. The van der Waals surface area contributed by atoms with Gasteiger partial charge in [-0.1, -0.05) is 19.3 Å². The van der Waals surface area contributed by atoms with Crippen LogP contribution in [-0.2, 0) is 4.74 Å². The number of ether oxygens (including phenoxy) is 1. The van der Waals surface area contributed by atoms with Gasteiger partial charge in [-0.3, -0.25) is 0 Å². The van der Waals surface area contributed by atoms with E-state index in [1.807, 2.05) is 0 Å². The van der Waals surface area contributed by atoms with E-state index in [0.29, 0.717) is 12.1 Å². The van der Waals surface area contributed by atoms with Crippen molar-refractivity contribution in [1.29, 1.82) is 0 Å². The Hall–Kier alpha value is -0.120. The number of morpholine rings is 1. The average molecular weight is 240 g/mol. The zero-order valence-corrected chi connectivity index (χ0v) is 11.3. The van der Waals surface area contributed by atoms with E-state index in [0.717, 1.165) is 19.8 Å². The average Bonchev–Trinajstić information content (AvgIpc) is 2.29. The van der Waals surface area contributed by atoms with Crippen molar-refractivity contribution in [2.24, 2.45) is 0 Å². The lowest BCUT2D eigenvalue weighted by molar-refractivity contribution is 0.0608. The Morgan fingerprint density at radius 3 is 2.53 bits per heavy atom. The van der Waals surface area contributed by atoms with Gasteiger partial charge < -0.3 is 15.0 Å². The number of hydrogen-bond donors (Lipinski definition) is 1. The Kier molecular flexibility index (Phi) is 5.75. The van der Waals surface area contributed by atoms with E-state index < -0.39 is 0 Å². The van der Waals surface area contributed by atoms with E-state index in [4.69, 9.17) is 4.74 Å². The molecule has 17 heavy (non-hydrogen) atoms. The summed E-state index contributed by atoms with van der Waals surface area (Å²) >= 11 is 0. The Morgan fingerprint density at radius 2 is 1.88 bits per heavy atom. The van der Waals surface area contributed by atoms with Crippen LogP contribution in [0, 0.1) is 0 Å². The monoisotopic (exact) mass is 240 g/mol. The Morgan fingerprint density at radius 1 is 1.18 bits per heavy atom. The summed E-state index contributed by atoms with van der Waals surface area (Å²) in [6.45, 7) is 7.80. The molecule has 2 atom stereocenters. The molecule has 0 amide bonds. The molecule has 2 rings (SSSR count). The first kappa shape index (κ1) is 13.3. The van der Waals surface area contributed by atoms with Crippen molar-refractivity contribution in [2.75, 3.05) is 32.8 Å². The third-order valence-corrected chi connectivity index (χ3v) is 4.14. The Bertz CT molecular complexity index is 196. The quantitative estimate of drug-likeness (QED) is 0.817. The molecule has 1 N–H and O–H groups in total. The maximum atomic E-state index is 5.53. The lowest BCUT2D eigenvalue weighted by Gasteiger charge is -2.34. The molecule has 100 valence electrons. The summed E-state index contributed by atoms with van der Waals surface area (Å²) in [5.41, 5.74) is 0. The second kappa shape index (κ2) is 7.34. The minimum atomic E-state index is 0.573. The Labute approximate surface area is 106 Å². The summed E-state index contributed by atoms with van der Waals surface area (Å²) in [6.07, 6.45) is 8.31. The third-order valence-electron chi connectivity index (χ3n) is 4.14. The second-order valence-corrected chi connectivity index (χ2v) is 5.61. The van der Waals surface area contributed by atoms with Crippen molar-refractivity contribution in [3.05, 3.63) is 0 Å². The van der Waals surface area contributed by atoms with Crippen LogP contribution in [0.3, 0.4) is 0 Å². The number of rotatable bonds is 3. The van der Waals surface area contributed by atoms with Gasteiger partial charge in [0.05, 0.1) is 13.2 Å². The largest absolute Gasteiger partial charge is 0.379 e. The summed E-state index contributed by atoms with van der Waals surface area (Å²) in [6, 6.07) is 1.27. The van der Waals surface area contributed by atoms with Crippen LogP contribution in [0.1, 0.15) is 45.4 Å². The fraction of sp³-hybridized carbons (Fsp3) is 1.00. The summed E-state index contributed by atoms with van der Waals surface area (Å²) in [4.78, 5) is 2.69. The molecule has 2 saturated heterocycles. The van der Waals surface area contributed by atoms with Gasteiger partial charge in [0.2, 0.25) is 0 Å². The molecule has 2 aliphatic heterocycles. The molecule has 0 saturated carbocycles. The van der Waals surface area contributed by atoms with E-state index in [1.165, 1.54) is 51.6 Å². The summed E-state index contributed by atoms with van der Waals surface area (Å²) in [5.74, 6) is 0. The van der Waals surface area contributed by atoms with Gasteiger partial charge in [-0.15, -0.1) is 0 Å². The number of hydrogen-bond acceptors (Lipinski definition) is 3. The molecule has 2 heterocycles. The van der Waals surface area contributed by atoms with Gasteiger partial charge in [0.15, 0.2) is 0 Å². The van der Waals surface area contributed by atoms with Gasteiger partial charge in [-0.05, 0) is 39.3 Å². The van der Waals surface area contributed by atoms with E-state index >= 15 is 0 Å². The smallest absolute Gasteiger partial charge is 0.0620 e. The normalized spacial score (nSPS) is 30.5. The fourth-order valence-corrected chi connectivity index (χ4v) is 3.04. The van der Waals surface area contributed by atoms with Crippen molar-refractivity contribution in [3.63, 3.8) is 0 Å². The molecular formula is C14H28N2O. The number of likely N-dealkylation sites (tertiary alicyclic amines) is 1. The van der Waals surface area contributed by atoms with E-state index in [1.54, 1.807) is 0 Å². The van der Waals surface area contributed by atoms with Gasteiger partial charge in [0.1, 0.15) is 0 Å². The van der Waals surface area contributed by atoms with E-state index in [-0.39, 0.29) is 0 Å². The number of nitrogens with one attached hydrogen (secondary N) is 1. The molecule has 0 aromatic carbocycles. The predicted molar refractivity (Wildman–Crippen MR) is 71.3 cm³/mol. The molecule has 0 aromatic heterocycles. The highest BCUT2D eigenvalue weighted by Gasteiger charge is 2.20. The predicted octanol–water partition coefficient (Wildman–Crippen LogP) is 2.02. The molecule has 3 nitrogen and oxygen atoms in total. The van der Waals surface area contributed by atoms with E-state index in [2.05, 4.69) is 17.1 Å². The van der Waals surface area contributed by atoms with Gasteiger partial charge in [0, 0.05) is 18.6 Å². The third kappa shape index (κ3) is 4.57. The molecule has 2 unspecified atom stereocenters. The summed E-state index contributed by atoms with van der Waals surface area (Å²) in [7, 11) is 0. The van der Waals surface area contributed by atoms with Crippen LogP contribution in [0.5, 0.6) is 0 Å². The summed E-state index contributed by atoms with van der Waals surface area (Å²) in [5, 5.41) is 3.57. The maximum Gasteiger partial charge on any atom is 0.0620 e. The van der Waals surface area contributed by atoms with Crippen molar-refractivity contribution in [1.82, 2.24) is 10.2 Å². The van der Waals surface area contributed by atoms with Crippen molar-refractivity contribution < 1.29 is 4.74 Å². The van der Waals surface area contributed by atoms with Crippen molar-refractivity contribution in [3.8, 4) is 0 Å². The van der Waals surface area contributed by atoms with Crippen LogP contribution in [-0.4, -0.2) is 49.8 Å². The molecule has 0 aromatic rings. The zero-order valence-electron chi connectivity index (χ0n) is 11.3. The zero-order chi connectivity index (χ0) is 11.9. The first-order valence-electron chi connectivity index (χ1n) is 7.41. The molecular weight excluding hydrogens is 212 g/mol. The topological polar surface area (TPSA) is 24.5 Å². The first-order chi connectivity index (χ1) is 8.36. The highest BCUT2D eigenvalue weighted by Crippen LogP contribution is 2.15. The van der Waals surface area contributed by atoms with Crippen LogP contribution in [0.15, 0.2) is 0 Å². The van der Waals surface area contributed by atoms with Crippen LogP contribution >= 0.6 is 0 Å².